The highest BCUT2D eigenvalue weighted by Crippen LogP contribution is 2.43. The first kappa shape index (κ1) is 15.9. The molecule has 3 heteroatoms. The van der Waals surface area contributed by atoms with Crippen LogP contribution in [0.3, 0.4) is 0 Å². The van der Waals surface area contributed by atoms with Crippen LogP contribution in [0.2, 0.25) is 18.1 Å². The number of ketones is 1. The predicted octanol–water partition coefficient (Wildman–Crippen LogP) is 4.40. The number of carbonyl (C=O) groups excluding carboxylic acids is 1. The summed E-state index contributed by atoms with van der Waals surface area (Å²) in [4.78, 5) is 12.3. The number of hydrogen-bond acceptors (Lipinski definition) is 2. The lowest BCUT2D eigenvalue weighted by atomic mass is 9.69. The van der Waals surface area contributed by atoms with E-state index in [1.165, 1.54) is 0 Å². The van der Waals surface area contributed by atoms with Gasteiger partial charge in [-0.05, 0) is 31.0 Å². The van der Waals surface area contributed by atoms with Crippen molar-refractivity contribution < 1.29 is 9.22 Å². The number of hydrogen-bond donors (Lipinski definition) is 0. The molecule has 0 aromatic heterocycles. The van der Waals surface area contributed by atoms with Crippen molar-refractivity contribution >= 4 is 14.1 Å². The van der Waals surface area contributed by atoms with E-state index in [2.05, 4.69) is 47.7 Å². The lowest BCUT2D eigenvalue weighted by Crippen LogP contribution is -2.53. The first-order valence-electron chi connectivity index (χ1n) is 7.12. The maximum Gasteiger partial charge on any atom is 0.192 e. The third-order valence-corrected chi connectivity index (χ3v) is 9.48. The Bertz CT molecular complexity index is 326. The number of Topliss-reactive ketones (excluding diaryl/α,β-unsaturated/α-hetero) is 1. The number of rotatable bonds is 2. The molecule has 0 amide bonds. The van der Waals surface area contributed by atoms with Crippen molar-refractivity contribution in [3.05, 3.63) is 0 Å². The molecule has 2 atom stereocenters. The molecule has 0 aromatic carbocycles. The Hall–Kier alpha value is -0.153. The molecule has 1 unspecified atom stereocenters. The van der Waals surface area contributed by atoms with Gasteiger partial charge >= 0.3 is 0 Å². The minimum absolute atomic E-state index is 0.0992. The first-order valence-corrected chi connectivity index (χ1v) is 10.0. The molecule has 18 heavy (non-hydrogen) atoms. The Morgan fingerprint density at radius 3 is 2.17 bits per heavy atom. The molecule has 0 spiro atoms. The standard InChI is InChI=1S/C15H30O2Si/c1-11-9-10-12(15(5,6)13(11)16)17-18(7,8)14(2,3)4/h11-12H,9-10H2,1-8H3/t11?,12-/m0/s1. The van der Waals surface area contributed by atoms with Crippen molar-refractivity contribution in [2.24, 2.45) is 11.3 Å². The first-order chi connectivity index (χ1) is 7.89. The van der Waals surface area contributed by atoms with Gasteiger partial charge in [0.1, 0.15) is 5.78 Å². The fourth-order valence-corrected chi connectivity index (χ4v) is 3.90. The summed E-state index contributed by atoms with van der Waals surface area (Å²) in [6.45, 7) is 17.5. The van der Waals surface area contributed by atoms with Crippen molar-refractivity contribution in [3.8, 4) is 0 Å². The topological polar surface area (TPSA) is 26.3 Å². The van der Waals surface area contributed by atoms with Crippen LogP contribution in [0.25, 0.3) is 0 Å². The predicted molar refractivity (Wildman–Crippen MR) is 79.3 cm³/mol. The van der Waals surface area contributed by atoms with Crippen LogP contribution in [0.1, 0.15) is 54.4 Å². The van der Waals surface area contributed by atoms with Gasteiger partial charge in [0.05, 0.1) is 6.10 Å². The molecule has 1 aliphatic carbocycles. The van der Waals surface area contributed by atoms with Crippen molar-refractivity contribution in [2.45, 2.75) is 78.6 Å². The molecule has 0 radical (unpaired) electrons. The molecule has 0 heterocycles. The van der Waals surface area contributed by atoms with Gasteiger partial charge in [-0.25, -0.2) is 0 Å². The highest BCUT2D eigenvalue weighted by atomic mass is 28.4. The van der Waals surface area contributed by atoms with Crippen LogP contribution in [0.4, 0.5) is 0 Å². The highest BCUT2D eigenvalue weighted by molar-refractivity contribution is 6.74. The maximum atomic E-state index is 12.3. The molecule has 0 saturated heterocycles. The summed E-state index contributed by atoms with van der Waals surface area (Å²) in [5.41, 5.74) is -0.326. The van der Waals surface area contributed by atoms with Gasteiger partial charge < -0.3 is 4.43 Å². The van der Waals surface area contributed by atoms with Crippen LogP contribution in [0, 0.1) is 11.3 Å². The molecular weight excluding hydrogens is 240 g/mol. The molecule has 0 bridgehead atoms. The van der Waals surface area contributed by atoms with Crippen LogP contribution in [0.15, 0.2) is 0 Å². The summed E-state index contributed by atoms with van der Waals surface area (Å²) in [5, 5.41) is 0.204. The molecular formula is C15H30O2Si. The van der Waals surface area contributed by atoms with E-state index in [0.717, 1.165) is 12.8 Å². The Labute approximate surface area is 114 Å². The fourth-order valence-electron chi connectivity index (χ4n) is 2.43. The highest BCUT2D eigenvalue weighted by Gasteiger charge is 2.48. The third-order valence-electron chi connectivity index (χ3n) is 4.99. The molecule has 2 nitrogen and oxygen atoms in total. The molecule has 0 aromatic rings. The molecule has 1 saturated carbocycles. The van der Waals surface area contributed by atoms with E-state index >= 15 is 0 Å². The second-order valence-corrected chi connectivity index (χ2v) is 12.7. The molecule has 1 rings (SSSR count). The summed E-state index contributed by atoms with van der Waals surface area (Å²) in [6.07, 6.45) is 2.09. The van der Waals surface area contributed by atoms with Crippen molar-refractivity contribution in [3.63, 3.8) is 0 Å². The second-order valence-electron chi connectivity index (χ2n) is 7.93. The Kier molecular flexibility index (Phi) is 4.20. The van der Waals surface area contributed by atoms with E-state index in [1.807, 2.05) is 6.92 Å². The fraction of sp³-hybridized carbons (Fsp3) is 0.933. The molecule has 1 fully saturated rings. The molecule has 1 aliphatic rings. The van der Waals surface area contributed by atoms with Gasteiger partial charge in [-0.2, -0.15) is 0 Å². The summed E-state index contributed by atoms with van der Waals surface area (Å²) in [6, 6.07) is 0. The number of carbonyl (C=O) groups is 1. The SMILES string of the molecule is CC1CC[C@H](O[Si](C)(C)C(C)(C)C)C(C)(C)C1=O. The van der Waals surface area contributed by atoms with Gasteiger partial charge in [0, 0.05) is 11.3 Å². The van der Waals surface area contributed by atoms with Gasteiger partial charge in [0.15, 0.2) is 8.32 Å². The lowest BCUT2D eigenvalue weighted by Gasteiger charge is -2.46. The zero-order valence-electron chi connectivity index (χ0n) is 13.4. The van der Waals surface area contributed by atoms with E-state index in [9.17, 15) is 4.79 Å². The minimum Gasteiger partial charge on any atom is -0.413 e. The van der Waals surface area contributed by atoms with Crippen LogP contribution >= 0.6 is 0 Å². The average molecular weight is 270 g/mol. The molecule has 0 aliphatic heterocycles. The quantitative estimate of drug-likeness (QED) is 0.695. The Morgan fingerprint density at radius 1 is 1.22 bits per heavy atom. The zero-order chi connectivity index (χ0) is 14.4. The lowest BCUT2D eigenvalue weighted by molar-refractivity contribution is -0.140. The van der Waals surface area contributed by atoms with Crippen molar-refractivity contribution in [1.82, 2.24) is 0 Å². The van der Waals surface area contributed by atoms with E-state index in [-0.39, 0.29) is 22.5 Å². The largest absolute Gasteiger partial charge is 0.413 e. The normalized spacial score (nSPS) is 29.4. The smallest absolute Gasteiger partial charge is 0.192 e. The third kappa shape index (κ3) is 2.88. The summed E-state index contributed by atoms with van der Waals surface area (Å²) in [5.74, 6) is 0.566. The summed E-state index contributed by atoms with van der Waals surface area (Å²) in [7, 11) is -1.78. The Morgan fingerprint density at radius 2 is 1.72 bits per heavy atom. The maximum absolute atomic E-state index is 12.3. The van der Waals surface area contributed by atoms with Crippen LogP contribution in [-0.2, 0) is 9.22 Å². The summed E-state index contributed by atoms with van der Waals surface area (Å²) < 4.78 is 6.50. The van der Waals surface area contributed by atoms with Gasteiger partial charge in [0.2, 0.25) is 0 Å². The van der Waals surface area contributed by atoms with Crippen LogP contribution in [-0.4, -0.2) is 20.2 Å². The Balaban J connectivity index is 2.89. The average Bonchev–Trinajstić information content (AvgIpc) is 2.18. The van der Waals surface area contributed by atoms with E-state index in [4.69, 9.17) is 4.43 Å². The van der Waals surface area contributed by atoms with Gasteiger partial charge in [0.25, 0.3) is 0 Å². The van der Waals surface area contributed by atoms with E-state index < -0.39 is 8.32 Å². The second kappa shape index (κ2) is 4.75. The van der Waals surface area contributed by atoms with Crippen LogP contribution in [0.5, 0.6) is 0 Å². The minimum atomic E-state index is -1.78. The monoisotopic (exact) mass is 270 g/mol. The van der Waals surface area contributed by atoms with Crippen LogP contribution < -0.4 is 0 Å². The zero-order valence-corrected chi connectivity index (χ0v) is 14.4. The van der Waals surface area contributed by atoms with Crippen molar-refractivity contribution in [2.75, 3.05) is 0 Å². The summed E-state index contributed by atoms with van der Waals surface area (Å²) >= 11 is 0. The van der Waals surface area contributed by atoms with Gasteiger partial charge in [-0.15, -0.1) is 0 Å². The molecule has 0 N–H and O–H groups in total. The van der Waals surface area contributed by atoms with Crippen molar-refractivity contribution in [1.29, 1.82) is 0 Å². The van der Waals surface area contributed by atoms with E-state index in [0.29, 0.717) is 5.78 Å². The molecule has 106 valence electrons. The van der Waals surface area contributed by atoms with Gasteiger partial charge in [-0.1, -0.05) is 41.5 Å². The van der Waals surface area contributed by atoms with Gasteiger partial charge in [-0.3, -0.25) is 4.79 Å². The van der Waals surface area contributed by atoms with E-state index in [1.54, 1.807) is 0 Å².